The van der Waals surface area contributed by atoms with E-state index in [0.717, 1.165) is 22.7 Å². The van der Waals surface area contributed by atoms with Crippen molar-refractivity contribution < 1.29 is 17.9 Å². The van der Waals surface area contributed by atoms with Gasteiger partial charge in [0.2, 0.25) is 11.8 Å². The van der Waals surface area contributed by atoms with Crippen LogP contribution >= 0.6 is 11.3 Å². The molecule has 0 bridgehead atoms. The van der Waals surface area contributed by atoms with Crippen LogP contribution in [0.1, 0.15) is 24.1 Å². The maximum Gasteiger partial charge on any atom is 0.273 e. The zero-order valence-electron chi connectivity index (χ0n) is 18.7. The maximum atomic E-state index is 12.6. The van der Waals surface area contributed by atoms with Gasteiger partial charge in [-0.3, -0.25) is 14.1 Å². The number of imidazole rings is 1. The largest absolute Gasteiger partial charge is 0.439 e. The summed E-state index contributed by atoms with van der Waals surface area (Å²) in [5.41, 5.74) is 2.21. The molecule has 0 aliphatic carbocycles. The highest BCUT2D eigenvalue weighted by Crippen LogP contribution is 2.27. The quantitative estimate of drug-likeness (QED) is 0.393. The minimum Gasteiger partial charge on any atom is -0.439 e. The SMILES string of the molecule is CC(=O)Nc1ncc(S(=O)(=O)Nc2ccc(Oc3cc(-n4cnc(C)c4C)nc(C)n3)cc2)s1. The summed E-state index contributed by atoms with van der Waals surface area (Å²) < 4.78 is 35.4. The standard InChI is InChI=1S/C21H21N7O4S2/c1-12-13(2)28(11-23-12)18-9-19(25-14(3)24-18)32-17-7-5-16(6-8-17)27-34(30,31)20-10-22-21(33-20)26-15(4)29/h5-11,27H,1-4H3,(H,22,26,29). The summed E-state index contributed by atoms with van der Waals surface area (Å²) >= 11 is 0.857. The van der Waals surface area contributed by atoms with Crippen molar-refractivity contribution in [3.63, 3.8) is 0 Å². The third-order valence-corrected chi connectivity index (χ3v) is 7.42. The number of nitrogens with zero attached hydrogens (tertiary/aromatic N) is 5. The minimum atomic E-state index is -3.86. The van der Waals surface area contributed by atoms with E-state index >= 15 is 0 Å². The Bertz CT molecular complexity index is 1460. The van der Waals surface area contributed by atoms with Crippen molar-refractivity contribution in [3.05, 3.63) is 60.1 Å². The van der Waals surface area contributed by atoms with Crippen molar-refractivity contribution in [3.8, 4) is 17.4 Å². The lowest BCUT2D eigenvalue weighted by atomic mass is 10.3. The molecule has 2 N–H and O–H groups in total. The van der Waals surface area contributed by atoms with Crippen LogP contribution in [0.3, 0.4) is 0 Å². The fourth-order valence-corrected chi connectivity index (χ4v) is 5.07. The van der Waals surface area contributed by atoms with Gasteiger partial charge in [-0.2, -0.15) is 4.98 Å². The summed E-state index contributed by atoms with van der Waals surface area (Å²) in [6, 6.07) is 8.09. The number of carbonyl (C=O) groups is 1. The number of hydrogen-bond acceptors (Lipinski definition) is 9. The zero-order chi connectivity index (χ0) is 24.5. The van der Waals surface area contributed by atoms with E-state index in [9.17, 15) is 13.2 Å². The molecule has 3 heterocycles. The molecule has 0 radical (unpaired) electrons. The van der Waals surface area contributed by atoms with Crippen molar-refractivity contribution in [2.24, 2.45) is 0 Å². The molecule has 0 atom stereocenters. The van der Waals surface area contributed by atoms with Crippen LogP contribution in [0.25, 0.3) is 5.82 Å². The zero-order valence-corrected chi connectivity index (χ0v) is 20.4. The third-order valence-electron chi connectivity index (χ3n) is 4.66. The Labute approximate surface area is 200 Å². The van der Waals surface area contributed by atoms with Crippen molar-refractivity contribution in [2.45, 2.75) is 31.9 Å². The molecule has 0 saturated carbocycles. The van der Waals surface area contributed by atoms with Gasteiger partial charge in [0, 0.05) is 24.4 Å². The second-order valence-electron chi connectivity index (χ2n) is 7.29. The summed E-state index contributed by atoms with van der Waals surface area (Å²) in [5.74, 6) is 1.65. The predicted molar refractivity (Wildman–Crippen MR) is 127 cm³/mol. The normalized spacial score (nSPS) is 11.3. The summed E-state index contributed by atoms with van der Waals surface area (Å²) in [6.07, 6.45) is 2.88. The van der Waals surface area contributed by atoms with Crippen LogP contribution in [-0.2, 0) is 14.8 Å². The number of rotatable bonds is 7. The lowest BCUT2D eigenvalue weighted by Crippen LogP contribution is -2.11. The Kier molecular flexibility index (Phi) is 6.30. The Balaban J connectivity index is 1.48. The highest BCUT2D eigenvalue weighted by molar-refractivity contribution is 7.94. The molecule has 4 rings (SSSR count). The number of carbonyl (C=O) groups excluding carboxylic acids is 1. The monoisotopic (exact) mass is 499 g/mol. The fourth-order valence-electron chi connectivity index (χ4n) is 2.94. The van der Waals surface area contributed by atoms with Crippen molar-refractivity contribution >= 4 is 38.1 Å². The average molecular weight is 500 g/mol. The summed E-state index contributed by atoms with van der Waals surface area (Å²) in [4.78, 5) is 28.1. The molecule has 0 spiro atoms. The average Bonchev–Trinajstić information content (AvgIpc) is 3.36. The van der Waals surface area contributed by atoms with E-state index in [2.05, 4.69) is 30.0 Å². The van der Waals surface area contributed by atoms with E-state index in [1.807, 2.05) is 18.4 Å². The van der Waals surface area contributed by atoms with Crippen LogP contribution < -0.4 is 14.8 Å². The second-order valence-corrected chi connectivity index (χ2v) is 10.2. The van der Waals surface area contributed by atoms with Gasteiger partial charge in [-0.25, -0.2) is 23.4 Å². The van der Waals surface area contributed by atoms with E-state index in [0.29, 0.717) is 29.0 Å². The third kappa shape index (κ3) is 5.21. The highest BCUT2D eigenvalue weighted by atomic mass is 32.2. The number of nitrogens with one attached hydrogen (secondary N) is 2. The number of ether oxygens (including phenoxy) is 1. The van der Waals surface area contributed by atoms with E-state index in [-0.39, 0.29) is 15.2 Å². The van der Waals surface area contributed by atoms with Crippen LogP contribution in [0.5, 0.6) is 11.6 Å². The molecule has 3 aromatic heterocycles. The van der Waals surface area contributed by atoms with Gasteiger partial charge in [0.25, 0.3) is 10.0 Å². The number of aromatic nitrogens is 5. The first-order valence-electron chi connectivity index (χ1n) is 10.0. The van der Waals surface area contributed by atoms with Gasteiger partial charge in [-0.15, -0.1) is 0 Å². The highest BCUT2D eigenvalue weighted by Gasteiger charge is 2.19. The molecular weight excluding hydrogens is 478 g/mol. The van der Waals surface area contributed by atoms with Crippen molar-refractivity contribution in [2.75, 3.05) is 10.0 Å². The number of anilines is 2. The molecular formula is C21H21N7O4S2. The van der Waals surface area contributed by atoms with Crippen LogP contribution in [0, 0.1) is 20.8 Å². The van der Waals surface area contributed by atoms with E-state index in [4.69, 9.17) is 4.74 Å². The number of amides is 1. The van der Waals surface area contributed by atoms with Gasteiger partial charge in [-0.1, -0.05) is 11.3 Å². The molecule has 0 fully saturated rings. The van der Waals surface area contributed by atoms with Crippen LogP contribution in [0.15, 0.2) is 47.1 Å². The van der Waals surface area contributed by atoms with Gasteiger partial charge in [0.1, 0.15) is 23.7 Å². The van der Waals surface area contributed by atoms with E-state index < -0.39 is 10.0 Å². The Morgan fingerprint density at radius 2 is 1.82 bits per heavy atom. The molecule has 0 saturated heterocycles. The Morgan fingerprint density at radius 3 is 2.47 bits per heavy atom. The molecule has 1 aromatic carbocycles. The first-order chi connectivity index (χ1) is 16.1. The van der Waals surface area contributed by atoms with Crippen LogP contribution in [0.4, 0.5) is 10.8 Å². The molecule has 0 aliphatic heterocycles. The molecule has 1 amide bonds. The predicted octanol–water partition coefficient (Wildman–Crippen LogP) is 3.60. The van der Waals surface area contributed by atoms with E-state index in [1.54, 1.807) is 43.6 Å². The Hall–Kier alpha value is -3.84. The minimum absolute atomic E-state index is 0.0226. The van der Waals surface area contributed by atoms with Gasteiger partial charge >= 0.3 is 0 Å². The lowest BCUT2D eigenvalue weighted by molar-refractivity contribution is -0.114. The number of hydrogen-bond donors (Lipinski definition) is 2. The number of aryl methyl sites for hydroxylation is 2. The second kappa shape index (κ2) is 9.19. The van der Waals surface area contributed by atoms with Crippen LogP contribution in [0.2, 0.25) is 0 Å². The van der Waals surface area contributed by atoms with Crippen molar-refractivity contribution in [1.82, 2.24) is 24.5 Å². The first-order valence-corrected chi connectivity index (χ1v) is 12.3. The molecule has 0 unspecified atom stereocenters. The fraction of sp³-hybridized carbons (Fsp3) is 0.190. The smallest absolute Gasteiger partial charge is 0.273 e. The number of sulfonamides is 1. The number of benzene rings is 1. The molecule has 0 aliphatic rings. The molecule has 11 nitrogen and oxygen atoms in total. The summed E-state index contributed by atoms with van der Waals surface area (Å²) in [7, 11) is -3.86. The molecule has 176 valence electrons. The molecule has 4 aromatic rings. The van der Waals surface area contributed by atoms with Crippen LogP contribution in [-0.4, -0.2) is 38.8 Å². The van der Waals surface area contributed by atoms with E-state index in [1.165, 1.54) is 13.1 Å². The van der Waals surface area contributed by atoms with Crippen molar-refractivity contribution in [1.29, 1.82) is 0 Å². The number of thiazole rings is 1. The topological polar surface area (TPSA) is 141 Å². The van der Waals surface area contributed by atoms with Gasteiger partial charge < -0.3 is 10.1 Å². The first kappa shape index (κ1) is 23.3. The summed E-state index contributed by atoms with van der Waals surface area (Å²) in [5, 5.41) is 2.66. The van der Waals surface area contributed by atoms with Gasteiger partial charge in [-0.05, 0) is 45.0 Å². The molecule has 13 heteroatoms. The molecule has 34 heavy (non-hydrogen) atoms. The van der Waals surface area contributed by atoms with Gasteiger partial charge in [0.05, 0.1) is 11.9 Å². The maximum absolute atomic E-state index is 12.6. The van der Waals surface area contributed by atoms with Gasteiger partial charge in [0.15, 0.2) is 9.34 Å². The lowest BCUT2D eigenvalue weighted by Gasteiger charge is -2.10. The Morgan fingerprint density at radius 1 is 1.09 bits per heavy atom. The summed E-state index contributed by atoms with van der Waals surface area (Å²) in [6.45, 7) is 6.96.